The van der Waals surface area contributed by atoms with Crippen LogP contribution < -0.4 is 16.8 Å². The number of Topliss-reactive ketones (excluding diaryl/α,β-unsaturated/α-hetero) is 1. The van der Waals surface area contributed by atoms with Crippen molar-refractivity contribution in [3.8, 4) is 0 Å². The van der Waals surface area contributed by atoms with Gasteiger partial charge in [-0.3, -0.25) is 24.3 Å². The summed E-state index contributed by atoms with van der Waals surface area (Å²) in [5, 5.41) is 4.80. The molecule has 1 aromatic rings. The first-order chi connectivity index (χ1) is 13.8. The van der Waals surface area contributed by atoms with Gasteiger partial charge in [-0.25, -0.2) is 4.98 Å². The van der Waals surface area contributed by atoms with Crippen LogP contribution in [0, 0.1) is 0 Å². The summed E-state index contributed by atoms with van der Waals surface area (Å²) in [4.78, 5) is 49.4. The molecule has 1 unspecified atom stereocenters. The van der Waals surface area contributed by atoms with Crippen LogP contribution in [0.25, 0.3) is 0 Å². The van der Waals surface area contributed by atoms with Crippen molar-refractivity contribution >= 4 is 34.9 Å². The number of nitrogens with zero attached hydrogens (tertiary/aromatic N) is 4. The Morgan fingerprint density at radius 1 is 1.41 bits per heavy atom. The number of nitrogens with one attached hydrogen (secondary N) is 1. The fourth-order valence-electron chi connectivity index (χ4n) is 3.27. The predicted molar refractivity (Wildman–Crippen MR) is 112 cm³/mol. The number of carbonyl (C=O) groups is 3. The molecule has 29 heavy (non-hydrogen) atoms. The van der Waals surface area contributed by atoms with Gasteiger partial charge in [0.15, 0.2) is 11.0 Å². The van der Waals surface area contributed by atoms with Crippen molar-refractivity contribution in [1.82, 2.24) is 20.1 Å². The minimum absolute atomic E-state index is 0.0177. The van der Waals surface area contributed by atoms with Crippen molar-refractivity contribution in [3.63, 3.8) is 0 Å². The average molecular weight is 424 g/mol. The van der Waals surface area contributed by atoms with Gasteiger partial charge in [-0.2, -0.15) is 0 Å². The molecule has 0 aliphatic carbocycles. The van der Waals surface area contributed by atoms with Gasteiger partial charge in [0, 0.05) is 31.2 Å². The second-order valence-electron chi connectivity index (χ2n) is 6.93. The number of hydrogen-bond donors (Lipinski definition) is 3. The van der Waals surface area contributed by atoms with E-state index < -0.39 is 6.04 Å². The topological polar surface area (TPSA) is 147 Å². The van der Waals surface area contributed by atoms with Crippen molar-refractivity contribution in [2.75, 3.05) is 33.2 Å². The van der Waals surface area contributed by atoms with Gasteiger partial charge in [-0.15, -0.1) is 11.3 Å². The minimum Gasteiger partial charge on any atom is -0.370 e. The van der Waals surface area contributed by atoms with E-state index in [1.54, 1.807) is 16.5 Å². The van der Waals surface area contributed by atoms with E-state index >= 15 is 0 Å². The molecule has 1 aliphatic heterocycles. The lowest BCUT2D eigenvalue weighted by Gasteiger charge is -2.38. The SMILES string of the molecule is CCC1C(=O)N(CC(=O)N[C@@H](CCCN=C(N)N)C(=O)c2nccs2)CCN1C. The van der Waals surface area contributed by atoms with Crippen LogP contribution in [-0.2, 0) is 9.59 Å². The molecule has 2 amide bonds. The summed E-state index contributed by atoms with van der Waals surface area (Å²) in [6.07, 6.45) is 3.12. The minimum atomic E-state index is -0.743. The maximum Gasteiger partial charge on any atom is 0.240 e. The second-order valence-corrected chi connectivity index (χ2v) is 7.83. The normalized spacial score (nSPS) is 18.3. The summed E-state index contributed by atoms with van der Waals surface area (Å²) in [7, 11) is 1.91. The van der Waals surface area contributed by atoms with Crippen molar-refractivity contribution in [3.05, 3.63) is 16.6 Å². The van der Waals surface area contributed by atoms with E-state index in [9.17, 15) is 14.4 Å². The number of rotatable bonds is 10. The number of amides is 2. The van der Waals surface area contributed by atoms with Crippen molar-refractivity contribution < 1.29 is 14.4 Å². The molecular formula is C18H29N7O3S. The standard InChI is InChI=1S/C18H29N7O3S/c1-3-13-17(28)25(9-8-24(13)2)11-14(26)23-12(5-4-6-22-18(19)20)15(27)16-21-7-10-29-16/h7,10,12-13H,3-6,8-9,11H2,1-2H3,(H,23,26)(H4,19,20,22)/t12-,13?/m0/s1. The lowest BCUT2D eigenvalue weighted by molar-refractivity contribution is -0.144. The van der Waals surface area contributed by atoms with Crippen molar-refractivity contribution in [2.45, 2.75) is 38.3 Å². The van der Waals surface area contributed by atoms with Gasteiger partial charge < -0.3 is 21.7 Å². The number of nitrogens with two attached hydrogens (primary N) is 2. The number of carbonyl (C=O) groups excluding carboxylic acids is 3. The first kappa shape index (κ1) is 22.8. The zero-order chi connectivity index (χ0) is 21.4. The highest BCUT2D eigenvalue weighted by Crippen LogP contribution is 2.14. The largest absolute Gasteiger partial charge is 0.370 e. The predicted octanol–water partition coefficient (Wildman–Crippen LogP) is -0.583. The van der Waals surface area contributed by atoms with E-state index in [2.05, 4.69) is 15.3 Å². The van der Waals surface area contributed by atoms with E-state index in [1.165, 1.54) is 11.3 Å². The number of ketones is 1. The first-order valence-electron chi connectivity index (χ1n) is 9.61. The summed E-state index contributed by atoms with van der Waals surface area (Å²) < 4.78 is 0. The molecule has 5 N–H and O–H groups in total. The van der Waals surface area contributed by atoms with Gasteiger partial charge in [0.1, 0.15) is 0 Å². The van der Waals surface area contributed by atoms with E-state index in [1.807, 2.05) is 18.9 Å². The van der Waals surface area contributed by atoms with Gasteiger partial charge in [-0.1, -0.05) is 6.92 Å². The van der Waals surface area contributed by atoms with Crippen molar-refractivity contribution in [2.24, 2.45) is 16.5 Å². The van der Waals surface area contributed by atoms with Gasteiger partial charge in [0.05, 0.1) is 18.6 Å². The molecule has 1 fully saturated rings. The molecule has 160 valence electrons. The van der Waals surface area contributed by atoms with Crippen LogP contribution in [0.1, 0.15) is 36.0 Å². The summed E-state index contributed by atoms with van der Waals surface area (Å²) in [6.45, 7) is 3.42. The zero-order valence-corrected chi connectivity index (χ0v) is 17.7. The molecule has 2 rings (SSSR count). The van der Waals surface area contributed by atoms with Crippen LogP contribution in [0.4, 0.5) is 0 Å². The summed E-state index contributed by atoms with van der Waals surface area (Å²) in [6, 6.07) is -0.962. The van der Waals surface area contributed by atoms with Crippen LogP contribution in [0.5, 0.6) is 0 Å². The second kappa shape index (κ2) is 10.9. The molecule has 2 atom stereocenters. The Hall–Kier alpha value is -2.53. The number of piperazine rings is 1. The molecular weight excluding hydrogens is 394 g/mol. The quantitative estimate of drug-likeness (QED) is 0.197. The Kier molecular flexibility index (Phi) is 8.52. The molecule has 0 spiro atoms. The van der Waals surface area contributed by atoms with E-state index in [0.717, 1.165) is 0 Å². The van der Waals surface area contributed by atoms with Crippen LogP contribution in [0.3, 0.4) is 0 Å². The Morgan fingerprint density at radius 3 is 2.79 bits per heavy atom. The van der Waals surface area contributed by atoms with Gasteiger partial charge in [-0.05, 0) is 26.3 Å². The van der Waals surface area contributed by atoms with E-state index in [-0.39, 0.29) is 36.1 Å². The number of thiazole rings is 1. The highest BCUT2D eigenvalue weighted by Gasteiger charge is 2.33. The lowest BCUT2D eigenvalue weighted by Crippen LogP contribution is -2.57. The fraction of sp³-hybridized carbons (Fsp3) is 0.611. The Labute approximate surface area is 174 Å². The molecule has 2 heterocycles. The summed E-state index contributed by atoms with van der Waals surface area (Å²) in [5.74, 6) is -0.702. The lowest BCUT2D eigenvalue weighted by atomic mass is 10.1. The third-order valence-electron chi connectivity index (χ3n) is 4.81. The van der Waals surface area contributed by atoms with E-state index in [4.69, 9.17) is 11.5 Å². The molecule has 0 aromatic carbocycles. The monoisotopic (exact) mass is 423 g/mol. The smallest absolute Gasteiger partial charge is 0.240 e. The van der Waals surface area contributed by atoms with Crippen molar-refractivity contribution in [1.29, 1.82) is 0 Å². The van der Waals surface area contributed by atoms with Crippen LogP contribution in [0.2, 0.25) is 0 Å². The molecule has 1 saturated heterocycles. The highest BCUT2D eigenvalue weighted by atomic mass is 32.1. The van der Waals surface area contributed by atoms with Gasteiger partial charge in [0.2, 0.25) is 17.6 Å². The van der Waals surface area contributed by atoms with Crippen LogP contribution >= 0.6 is 11.3 Å². The van der Waals surface area contributed by atoms with Crippen LogP contribution in [-0.4, -0.2) is 83.7 Å². The Morgan fingerprint density at radius 2 is 2.17 bits per heavy atom. The number of aliphatic imine (C=N–C) groups is 1. The molecule has 0 radical (unpaired) electrons. The number of guanidine groups is 1. The highest BCUT2D eigenvalue weighted by molar-refractivity contribution is 7.11. The first-order valence-corrected chi connectivity index (χ1v) is 10.5. The molecule has 1 aliphatic rings. The number of hydrogen-bond acceptors (Lipinski definition) is 7. The number of likely N-dealkylation sites (N-methyl/N-ethyl adjacent to an activating group) is 1. The van der Waals surface area contributed by atoms with E-state index in [0.29, 0.717) is 43.9 Å². The maximum atomic E-state index is 12.7. The Bertz CT molecular complexity index is 734. The average Bonchev–Trinajstić information content (AvgIpc) is 3.21. The van der Waals surface area contributed by atoms with Gasteiger partial charge in [0.25, 0.3) is 0 Å². The van der Waals surface area contributed by atoms with Gasteiger partial charge >= 0.3 is 0 Å². The fourth-order valence-corrected chi connectivity index (χ4v) is 3.90. The zero-order valence-electron chi connectivity index (χ0n) is 16.8. The molecule has 0 bridgehead atoms. The maximum absolute atomic E-state index is 12.7. The Balaban J connectivity index is 1.99. The van der Waals surface area contributed by atoms with Crippen LogP contribution in [0.15, 0.2) is 16.6 Å². The number of aromatic nitrogens is 1. The molecule has 10 nitrogen and oxygen atoms in total. The molecule has 1 aromatic heterocycles. The third-order valence-corrected chi connectivity index (χ3v) is 5.60. The summed E-state index contributed by atoms with van der Waals surface area (Å²) in [5.41, 5.74) is 10.6. The summed E-state index contributed by atoms with van der Waals surface area (Å²) >= 11 is 1.22. The molecule has 0 saturated carbocycles. The molecule has 11 heteroatoms. The third kappa shape index (κ3) is 6.50.